The largest absolute Gasteiger partial charge is 0.141 e. The molecule has 6 heteroatoms. The molecular weight excluding hydrogens is 553 g/mol. The normalized spacial score (nSPS) is 12.2. The van der Waals surface area contributed by atoms with Crippen molar-refractivity contribution in [2.45, 2.75) is 13.8 Å². The van der Waals surface area contributed by atoms with Crippen LogP contribution in [0, 0.1) is 13.8 Å². The van der Waals surface area contributed by atoms with E-state index >= 15 is 0 Å². The van der Waals surface area contributed by atoms with E-state index in [1.807, 2.05) is 68.0 Å². The number of hydrogen-bond acceptors (Lipinski definition) is 6. The molecule has 0 radical (unpaired) electrons. The van der Waals surface area contributed by atoms with Gasteiger partial charge in [0, 0.05) is 79.4 Å². The third-order valence-electron chi connectivity index (χ3n) is 6.58. The lowest BCUT2D eigenvalue weighted by atomic mass is 10.1. The monoisotopic (exact) mass is 570 g/mol. The first-order chi connectivity index (χ1) is 17.6. The maximum Gasteiger partial charge on any atom is 0.0455 e. The first-order valence-electron chi connectivity index (χ1n) is 11.7. The Morgan fingerprint density at radius 2 is 0.667 bits per heavy atom. The summed E-state index contributed by atoms with van der Waals surface area (Å²) in [6.45, 7) is 4.40. The van der Waals surface area contributed by atoms with E-state index in [0.717, 1.165) is 0 Å². The summed E-state index contributed by atoms with van der Waals surface area (Å²) >= 11 is 11.4. The molecule has 6 heterocycles. The van der Waals surface area contributed by atoms with Gasteiger partial charge in [-0.25, -0.2) is 0 Å². The molecule has 0 unspecified atom stereocenters. The molecule has 0 aliphatic rings. The third-order valence-corrected chi connectivity index (χ3v) is 13.6. The van der Waals surface area contributed by atoms with Crippen molar-refractivity contribution in [1.29, 1.82) is 0 Å². The minimum atomic E-state index is 1.35. The van der Waals surface area contributed by atoms with Crippen LogP contribution in [0.3, 0.4) is 0 Å². The second kappa shape index (κ2) is 8.09. The highest BCUT2D eigenvalue weighted by molar-refractivity contribution is 7.30. The topological polar surface area (TPSA) is 0 Å². The molecule has 0 aliphatic carbocycles. The summed E-state index contributed by atoms with van der Waals surface area (Å²) in [4.78, 5) is 10.9. The Kier molecular flexibility index (Phi) is 4.88. The number of fused-ring (bicyclic) bond motifs is 6. The summed E-state index contributed by atoms with van der Waals surface area (Å²) in [6, 6.07) is 27.8. The zero-order valence-electron chi connectivity index (χ0n) is 19.4. The van der Waals surface area contributed by atoms with Gasteiger partial charge < -0.3 is 0 Å². The lowest BCUT2D eigenvalue weighted by Crippen LogP contribution is -1.64. The van der Waals surface area contributed by atoms with Crippen LogP contribution in [-0.4, -0.2) is 0 Å². The van der Waals surface area contributed by atoms with Crippen LogP contribution < -0.4 is 0 Å². The molecule has 0 bridgehead atoms. The van der Waals surface area contributed by atoms with Crippen molar-refractivity contribution in [2.75, 3.05) is 0 Å². The van der Waals surface area contributed by atoms with Gasteiger partial charge in [0.25, 0.3) is 0 Å². The van der Waals surface area contributed by atoms with E-state index in [0.29, 0.717) is 0 Å². The zero-order chi connectivity index (χ0) is 24.0. The van der Waals surface area contributed by atoms with Crippen LogP contribution in [0.2, 0.25) is 0 Å². The molecule has 36 heavy (non-hydrogen) atoms. The second-order valence-corrected chi connectivity index (χ2v) is 16.0. The van der Waals surface area contributed by atoms with Crippen molar-refractivity contribution >= 4 is 108 Å². The van der Waals surface area contributed by atoms with Gasteiger partial charge >= 0.3 is 0 Å². The van der Waals surface area contributed by atoms with Crippen LogP contribution >= 0.6 is 68.0 Å². The molecule has 0 fully saturated rings. The van der Waals surface area contributed by atoms with Gasteiger partial charge in [0.05, 0.1) is 0 Å². The smallest absolute Gasteiger partial charge is 0.0455 e. The van der Waals surface area contributed by atoms with Crippen molar-refractivity contribution in [2.24, 2.45) is 0 Å². The lowest BCUT2D eigenvalue weighted by Gasteiger charge is -1.91. The number of hydrogen-bond donors (Lipinski definition) is 0. The van der Waals surface area contributed by atoms with Crippen molar-refractivity contribution in [3.8, 4) is 29.3 Å². The molecule has 0 saturated carbocycles. The van der Waals surface area contributed by atoms with Crippen molar-refractivity contribution in [3.05, 3.63) is 82.6 Å². The van der Waals surface area contributed by atoms with E-state index in [-0.39, 0.29) is 0 Å². The molecule has 0 spiro atoms. The molecule has 174 valence electrons. The number of aryl methyl sites for hydroxylation is 2. The predicted molar refractivity (Wildman–Crippen MR) is 170 cm³/mol. The maximum atomic E-state index is 2.40. The zero-order valence-corrected chi connectivity index (χ0v) is 24.3. The third kappa shape index (κ3) is 3.40. The van der Waals surface area contributed by atoms with Gasteiger partial charge in [-0.05, 0) is 86.6 Å². The summed E-state index contributed by atoms with van der Waals surface area (Å²) in [5.41, 5.74) is 0. The Morgan fingerprint density at radius 3 is 1.08 bits per heavy atom. The van der Waals surface area contributed by atoms with Crippen LogP contribution in [-0.2, 0) is 0 Å². The Morgan fingerprint density at radius 1 is 0.333 bits per heavy atom. The molecule has 6 aromatic heterocycles. The Labute approximate surface area is 232 Å². The Bertz CT molecular complexity index is 1930. The standard InChI is InChI=1S/C30H18S6/c1-15-11-17-19-13-29(33-23(19)5-3-21(17)31-15)27-9-7-25(35-27)26-8-10-28(36-26)30-14-20-18-12-16(2)32-22(18)4-6-24(20)34-30/h3-14H,1-2H3. The van der Waals surface area contributed by atoms with Crippen LogP contribution in [0.25, 0.3) is 69.6 Å². The summed E-state index contributed by atoms with van der Waals surface area (Å²) in [7, 11) is 0. The fourth-order valence-corrected chi connectivity index (χ4v) is 11.3. The predicted octanol–water partition coefficient (Wildman–Crippen LogP) is 12.3. The van der Waals surface area contributed by atoms with Gasteiger partial charge in [-0.2, -0.15) is 0 Å². The van der Waals surface area contributed by atoms with E-state index < -0.39 is 0 Å². The van der Waals surface area contributed by atoms with Gasteiger partial charge in [0.15, 0.2) is 0 Å². The van der Waals surface area contributed by atoms with E-state index in [4.69, 9.17) is 0 Å². The molecule has 0 amide bonds. The molecule has 8 rings (SSSR count). The molecule has 8 aromatic rings. The molecule has 0 saturated heterocycles. The molecular formula is C30H18S6. The van der Waals surface area contributed by atoms with Crippen LogP contribution in [0.15, 0.2) is 72.8 Å². The minimum Gasteiger partial charge on any atom is -0.141 e. The van der Waals surface area contributed by atoms with Crippen LogP contribution in [0.5, 0.6) is 0 Å². The quantitative estimate of drug-likeness (QED) is 0.198. The van der Waals surface area contributed by atoms with Gasteiger partial charge in [-0.1, -0.05) is 0 Å². The van der Waals surface area contributed by atoms with E-state index in [1.54, 1.807) is 0 Å². The minimum absolute atomic E-state index is 1.35. The molecule has 0 nitrogen and oxygen atoms in total. The fraction of sp³-hybridized carbons (Fsp3) is 0.0667. The highest BCUT2D eigenvalue weighted by atomic mass is 32.1. The maximum absolute atomic E-state index is 2.40. The summed E-state index contributed by atoms with van der Waals surface area (Å²) in [6.07, 6.45) is 0. The highest BCUT2D eigenvalue weighted by Gasteiger charge is 2.15. The Balaban J connectivity index is 1.15. The molecule has 0 atom stereocenters. The lowest BCUT2D eigenvalue weighted by molar-refractivity contribution is 1.66. The van der Waals surface area contributed by atoms with Gasteiger partial charge in [-0.3, -0.25) is 0 Å². The summed E-state index contributed by atoms with van der Waals surface area (Å²) < 4.78 is 5.53. The van der Waals surface area contributed by atoms with E-state index in [1.165, 1.54) is 79.4 Å². The van der Waals surface area contributed by atoms with Gasteiger partial charge in [-0.15, -0.1) is 68.0 Å². The second-order valence-electron chi connectivity index (χ2n) is 9.04. The Hall–Kier alpha value is -2.32. The van der Waals surface area contributed by atoms with Gasteiger partial charge in [0.1, 0.15) is 0 Å². The van der Waals surface area contributed by atoms with Crippen molar-refractivity contribution < 1.29 is 0 Å². The molecule has 0 N–H and O–H groups in total. The summed E-state index contributed by atoms with van der Waals surface area (Å²) in [5, 5.41) is 5.58. The first kappa shape index (κ1) is 21.7. The number of thiophene rings is 6. The van der Waals surface area contributed by atoms with Gasteiger partial charge in [0.2, 0.25) is 0 Å². The van der Waals surface area contributed by atoms with Crippen LogP contribution in [0.4, 0.5) is 0 Å². The first-order valence-corrected chi connectivity index (χ1v) is 16.6. The SMILES string of the molecule is Cc1cc2c(ccc3sc(-c4ccc(-c5ccc(-c6cc7c(ccc8sc(C)cc87)s6)s5)s4)cc32)s1. The molecule has 0 aliphatic heterocycles. The number of rotatable bonds is 3. The average Bonchev–Trinajstić information content (AvgIpc) is 3.68. The van der Waals surface area contributed by atoms with Crippen molar-refractivity contribution in [1.82, 2.24) is 0 Å². The van der Waals surface area contributed by atoms with E-state index in [2.05, 4.69) is 86.6 Å². The fourth-order valence-electron chi connectivity index (χ4n) is 4.96. The summed E-state index contributed by atoms with van der Waals surface area (Å²) in [5.74, 6) is 0. The van der Waals surface area contributed by atoms with Crippen LogP contribution in [0.1, 0.15) is 9.75 Å². The van der Waals surface area contributed by atoms with E-state index in [9.17, 15) is 0 Å². The highest BCUT2D eigenvalue weighted by Crippen LogP contribution is 2.46. The van der Waals surface area contributed by atoms with Crippen molar-refractivity contribution in [3.63, 3.8) is 0 Å². The average molecular weight is 571 g/mol. The number of benzene rings is 2. The molecule has 2 aromatic carbocycles.